The van der Waals surface area contributed by atoms with E-state index in [1.54, 1.807) is 24.4 Å². The van der Waals surface area contributed by atoms with Crippen LogP contribution in [0.3, 0.4) is 0 Å². The van der Waals surface area contributed by atoms with Crippen molar-refractivity contribution in [3.63, 3.8) is 0 Å². The summed E-state index contributed by atoms with van der Waals surface area (Å²) in [6, 6.07) is 13.5. The molecule has 2 aromatic carbocycles. The lowest BCUT2D eigenvalue weighted by Gasteiger charge is -2.04. The van der Waals surface area contributed by atoms with Crippen LogP contribution < -0.4 is 5.32 Å². The fourth-order valence-corrected chi connectivity index (χ4v) is 2.28. The zero-order chi connectivity index (χ0) is 16.2. The number of hydrogen-bond donors (Lipinski definition) is 1. The van der Waals surface area contributed by atoms with Gasteiger partial charge in [-0.2, -0.15) is 0 Å². The molecular weight excluding hydrogens is 295 g/mol. The van der Waals surface area contributed by atoms with E-state index in [1.807, 2.05) is 25.1 Å². The van der Waals surface area contributed by atoms with Gasteiger partial charge in [-0.05, 0) is 18.2 Å². The number of hydrogen-bond acceptors (Lipinski definition) is 4. The summed E-state index contributed by atoms with van der Waals surface area (Å²) in [5.74, 6) is 0.179. The zero-order valence-corrected chi connectivity index (χ0v) is 12.5. The van der Waals surface area contributed by atoms with Crippen LogP contribution in [0.25, 0.3) is 11.3 Å². The highest BCUT2D eigenvalue weighted by Gasteiger charge is 2.14. The number of anilines is 2. The van der Waals surface area contributed by atoms with Gasteiger partial charge in [0.1, 0.15) is 5.82 Å². The molecule has 1 N–H and O–H groups in total. The fraction of sp³-hybridized carbons (Fsp3) is 0.111. The Balaban J connectivity index is 1.89. The van der Waals surface area contributed by atoms with E-state index >= 15 is 0 Å². The molecule has 0 aliphatic heterocycles. The minimum Gasteiger partial charge on any atom is -0.423 e. The molecule has 23 heavy (non-hydrogen) atoms. The normalized spacial score (nSPS) is 10.5. The third-order valence-corrected chi connectivity index (χ3v) is 3.40. The van der Waals surface area contributed by atoms with Crippen LogP contribution in [0.4, 0.5) is 16.1 Å². The first-order valence-corrected chi connectivity index (χ1v) is 7.28. The molecule has 3 aromatic rings. The van der Waals surface area contributed by atoms with E-state index in [-0.39, 0.29) is 17.6 Å². The number of oxazole rings is 1. The van der Waals surface area contributed by atoms with E-state index in [1.165, 1.54) is 12.1 Å². The second-order valence-corrected chi connectivity index (χ2v) is 4.99. The number of rotatable bonds is 5. The molecule has 0 aliphatic rings. The molecule has 0 spiro atoms. The number of carbonyl (C=O) groups excluding carboxylic acids is 1. The fourth-order valence-electron chi connectivity index (χ4n) is 2.28. The van der Waals surface area contributed by atoms with Crippen LogP contribution in [0.2, 0.25) is 0 Å². The lowest BCUT2D eigenvalue weighted by atomic mass is 10.0. The molecule has 0 aliphatic carbocycles. The first kappa shape index (κ1) is 15.0. The number of ketones is 1. The molecule has 0 bridgehead atoms. The molecule has 116 valence electrons. The number of aromatic nitrogens is 1. The molecule has 0 radical (unpaired) electrons. The number of Topliss-reactive ketones (excluding diaryl/α,β-unsaturated/α-hetero) is 1. The van der Waals surface area contributed by atoms with Gasteiger partial charge in [0, 0.05) is 23.2 Å². The van der Waals surface area contributed by atoms with Crippen LogP contribution in [-0.2, 0) is 0 Å². The number of nitrogens with zero attached hydrogens (tertiary/aromatic N) is 1. The van der Waals surface area contributed by atoms with Crippen LogP contribution >= 0.6 is 0 Å². The number of nitrogens with one attached hydrogen (secondary N) is 1. The first-order valence-electron chi connectivity index (χ1n) is 7.28. The number of benzene rings is 2. The Labute approximate surface area is 133 Å². The molecule has 0 saturated heterocycles. The SMILES string of the molecule is CCC(=O)c1ccccc1-c1cnc(Nc2cccc(F)c2)o1. The van der Waals surface area contributed by atoms with Gasteiger partial charge in [0.2, 0.25) is 0 Å². The Hall–Kier alpha value is -2.95. The molecule has 1 aromatic heterocycles. The van der Waals surface area contributed by atoms with Gasteiger partial charge in [0.15, 0.2) is 11.5 Å². The van der Waals surface area contributed by atoms with E-state index in [2.05, 4.69) is 10.3 Å². The molecule has 0 saturated carbocycles. The standard InChI is InChI=1S/C18H15FN2O2/c1-2-16(22)14-8-3-4-9-15(14)17-11-20-18(23-17)21-13-7-5-6-12(19)10-13/h3-11H,2H2,1H3,(H,20,21). The Morgan fingerprint density at radius 2 is 2.04 bits per heavy atom. The monoisotopic (exact) mass is 310 g/mol. The Kier molecular flexibility index (Phi) is 4.19. The Morgan fingerprint density at radius 1 is 1.22 bits per heavy atom. The van der Waals surface area contributed by atoms with Crippen molar-refractivity contribution in [1.82, 2.24) is 4.98 Å². The molecule has 0 unspecified atom stereocenters. The average molecular weight is 310 g/mol. The van der Waals surface area contributed by atoms with Crippen molar-refractivity contribution >= 4 is 17.5 Å². The highest BCUT2D eigenvalue weighted by Crippen LogP contribution is 2.28. The Bertz CT molecular complexity index is 842. The summed E-state index contributed by atoms with van der Waals surface area (Å²) in [5.41, 5.74) is 1.83. The van der Waals surface area contributed by atoms with Crippen molar-refractivity contribution in [1.29, 1.82) is 0 Å². The highest BCUT2D eigenvalue weighted by atomic mass is 19.1. The summed E-state index contributed by atoms with van der Waals surface area (Å²) in [5, 5.41) is 2.89. The van der Waals surface area contributed by atoms with Crippen molar-refractivity contribution in [2.45, 2.75) is 13.3 Å². The van der Waals surface area contributed by atoms with Gasteiger partial charge >= 0.3 is 0 Å². The lowest BCUT2D eigenvalue weighted by Crippen LogP contribution is -1.98. The lowest BCUT2D eigenvalue weighted by molar-refractivity contribution is 0.0988. The van der Waals surface area contributed by atoms with Crippen LogP contribution in [-0.4, -0.2) is 10.8 Å². The molecule has 1 heterocycles. The smallest absolute Gasteiger partial charge is 0.299 e. The van der Waals surface area contributed by atoms with E-state index in [0.29, 0.717) is 29.0 Å². The molecule has 4 nitrogen and oxygen atoms in total. The maximum absolute atomic E-state index is 13.2. The van der Waals surface area contributed by atoms with Gasteiger partial charge in [-0.15, -0.1) is 0 Å². The van der Waals surface area contributed by atoms with Crippen molar-refractivity contribution in [3.05, 3.63) is 66.1 Å². The second kappa shape index (κ2) is 6.44. The van der Waals surface area contributed by atoms with Crippen molar-refractivity contribution < 1.29 is 13.6 Å². The van der Waals surface area contributed by atoms with E-state index in [0.717, 1.165) is 0 Å². The van der Waals surface area contributed by atoms with Crippen molar-refractivity contribution in [2.24, 2.45) is 0 Å². The minimum atomic E-state index is -0.347. The third-order valence-electron chi connectivity index (χ3n) is 3.40. The molecule has 5 heteroatoms. The average Bonchev–Trinajstić information content (AvgIpc) is 3.02. The van der Waals surface area contributed by atoms with Crippen LogP contribution in [0, 0.1) is 5.82 Å². The van der Waals surface area contributed by atoms with E-state index in [4.69, 9.17) is 4.42 Å². The quantitative estimate of drug-likeness (QED) is 0.687. The van der Waals surface area contributed by atoms with Crippen molar-refractivity contribution in [2.75, 3.05) is 5.32 Å². The molecule has 0 atom stereocenters. The first-order chi connectivity index (χ1) is 11.2. The molecular formula is C18H15FN2O2. The van der Waals surface area contributed by atoms with Gasteiger partial charge in [0.05, 0.1) is 6.20 Å². The van der Waals surface area contributed by atoms with E-state index in [9.17, 15) is 9.18 Å². The Morgan fingerprint density at radius 3 is 2.83 bits per heavy atom. The van der Waals surface area contributed by atoms with Gasteiger partial charge < -0.3 is 9.73 Å². The molecule has 3 rings (SSSR count). The topological polar surface area (TPSA) is 55.1 Å². The summed E-state index contributed by atoms with van der Waals surface area (Å²) in [4.78, 5) is 16.2. The molecule has 0 amide bonds. The minimum absolute atomic E-state index is 0.0386. The predicted octanol–water partition coefficient (Wildman–Crippen LogP) is 4.82. The van der Waals surface area contributed by atoms with Crippen LogP contribution in [0.5, 0.6) is 0 Å². The second-order valence-electron chi connectivity index (χ2n) is 4.99. The van der Waals surface area contributed by atoms with Gasteiger partial charge in [-0.3, -0.25) is 4.79 Å². The van der Waals surface area contributed by atoms with Crippen molar-refractivity contribution in [3.8, 4) is 11.3 Å². The molecule has 0 fully saturated rings. The zero-order valence-electron chi connectivity index (χ0n) is 12.5. The van der Waals surface area contributed by atoms with Gasteiger partial charge in [-0.25, -0.2) is 9.37 Å². The largest absolute Gasteiger partial charge is 0.423 e. The van der Waals surface area contributed by atoms with Crippen LogP contribution in [0.15, 0.2) is 59.1 Å². The summed E-state index contributed by atoms with van der Waals surface area (Å²) in [6.45, 7) is 1.82. The summed E-state index contributed by atoms with van der Waals surface area (Å²) < 4.78 is 18.8. The summed E-state index contributed by atoms with van der Waals surface area (Å²) in [7, 11) is 0. The summed E-state index contributed by atoms with van der Waals surface area (Å²) >= 11 is 0. The van der Waals surface area contributed by atoms with Gasteiger partial charge in [-0.1, -0.05) is 37.3 Å². The number of carbonyl (C=O) groups is 1. The van der Waals surface area contributed by atoms with E-state index < -0.39 is 0 Å². The predicted molar refractivity (Wildman–Crippen MR) is 86.2 cm³/mol. The number of halogens is 1. The van der Waals surface area contributed by atoms with Gasteiger partial charge in [0.25, 0.3) is 6.01 Å². The highest BCUT2D eigenvalue weighted by molar-refractivity contribution is 6.01. The summed E-state index contributed by atoms with van der Waals surface area (Å²) in [6.07, 6.45) is 1.96. The third kappa shape index (κ3) is 3.29. The maximum Gasteiger partial charge on any atom is 0.299 e. The van der Waals surface area contributed by atoms with Crippen LogP contribution in [0.1, 0.15) is 23.7 Å². The maximum atomic E-state index is 13.2.